The van der Waals surface area contributed by atoms with E-state index in [-0.39, 0.29) is 31.0 Å². The molecule has 1 saturated heterocycles. The van der Waals surface area contributed by atoms with E-state index in [4.69, 9.17) is 18.9 Å². The molecule has 214 valence electrons. The van der Waals surface area contributed by atoms with Crippen LogP contribution in [0.2, 0.25) is 0 Å². The van der Waals surface area contributed by atoms with Crippen molar-refractivity contribution in [1.29, 1.82) is 0 Å². The SMILES string of the molecule is CC(O)OCOC1CC(O)C23OC2C(O)C2C(C)CCC(O)(C(OC(O)C4CCCCC4)C3C1)C2(C)C. The zero-order valence-electron chi connectivity index (χ0n) is 22.8. The highest BCUT2D eigenvalue weighted by Gasteiger charge is 2.78. The van der Waals surface area contributed by atoms with Crippen LogP contribution in [0.15, 0.2) is 0 Å². The number of hydrogen-bond acceptors (Lipinski definition) is 9. The summed E-state index contributed by atoms with van der Waals surface area (Å²) >= 11 is 0. The molecule has 12 unspecified atom stereocenters. The summed E-state index contributed by atoms with van der Waals surface area (Å²) in [7, 11) is 0. The zero-order chi connectivity index (χ0) is 26.8. The molecule has 1 heterocycles. The van der Waals surface area contributed by atoms with Crippen LogP contribution in [0.4, 0.5) is 0 Å². The number of hydrogen-bond donors (Lipinski definition) is 5. The first-order chi connectivity index (χ1) is 17.4. The predicted molar refractivity (Wildman–Crippen MR) is 133 cm³/mol. The maximum absolute atomic E-state index is 12.6. The van der Waals surface area contributed by atoms with Gasteiger partial charge in [0.15, 0.2) is 12.6 Å². The molecule has 9 nitrogen and oxygen atoms in total. The van der Waals surface area contributed by atoms with Crippen LogP contribution in [0.5, 0.6) is 0 Å². The van der Waals surface area contributed by atoms with Crippen LogP contribution in [-0.2, 0) is 18.9 Å². The van der Waals surface area contributed by atoms with Crippen LogP contribution < -0.4 is 0 Å². The summed E-state index contributed by atoms with van der Waals surface area (Å²) < 4.78 is 23.9. The number of rotatable bonds is 7. The number of aliphatic hydroxyl groups excluding tert-OH is 4. The van der Waals surface area contributed by atoms with Gasteiger partial charge in [0, 0.05) is 23.7 Å². The van der Waals surface area contributed by atoms with E-state index >= 15 is 0 Å². The molecule has 5 aliphatic rings. The first-order valence-electron chi connectivity index (χ1n) is 14.4. The summed E-state index contributed by atoms with van der Waals surface area (Å²) in [6.07, 6.45) is 1.30. The summed E-state index contributed by atoms with van der Waals surface area (Å²) in [4.78, 5) is 0. The third-order valence-corrected chi connectivity index (χ3v) is 10.8. The Balaban J connectivity index is 1.51. The Morgan fingerprint density at radius 2 is 1.73 bits per heavy atom. The smallest absolute Gasteiger partial charge is 0.157 e. The maximum atomic E-state index is 12.6. The van der Waals surface area contributed by atoms with Crippen molar-refractivity contribution in [3.8, 4) is 0 Å². The van der Waals surface area contributed by atoms with Crippen molar-refractivity contribution in [2.24, 2.45) is 29.1 Å². The molecule has 5 fully saturated rings. The van der Waals surface area contributed by atoms with E-state index in [2.05, 4.69) is 6.92 Å². The fourth-order valence-corrected chi connectivity index (χ4v) is 8.69. The second-order valence-electron chi connectivity index (χ2n) is 13.2. The Morgan fingerprint density at radius 1 is 1.03 bits per heavy atom. The number of aliphatic hydroxyl groups is 5. The molecule has 2 bridgehead atoms. The molecule has 12 atom stereocenters. The molecule has 4 saturated carbocycles. The highest BCUT2D eigenvalue weighted by atomic mass is 16.7. The minimum absolute atomic E-state index is 0.00155. The van der Waals surface area contributed by atoms with Gasteiger partial charge in [0.2, 0.25) is 0 Å². The lowest BCUT2D eigenvalue weighted by atomic mass is 9.48. The van der Waals surface area contributed by atoms with Gasteiger partial charge in [-0.3, -0.25) is 0 Å². The number of epoxide rings is 1. The van der Waals surface area contributed by atoms with E-state index in [1.165, 1.54) is 6.92 Å². The Morgan fingerprint density at radius 3 is 2.41 bits per heavy atom. The monoisotopic (exact) mass is 528 g/mol. The third kappa shape index (κ3) is 4.60. The minimum Gasteiger partial charge on any atom is -0.390 e. The molecule has 0 aromatic carbocycles. The Bertz CT molecular complexity index is 801. The van der Waals surface area contributed by atoms with Gasteiger partial charge in [-0.1, -0.05) is 40.0 Å². The number of ether oxygens (including phenoxy) is 4. The van der Waals surface area contributed by atoms with Crippen LogP contribution in [0.1, 0.15) is 85.5 Å². The van der Waals surface area contributed by atoms with Gasteiger partial charge < -0.3 is 44.5 Å². The molecule has 1 aliphatic heterocycles. The van der Waals surface area contributed by atoms with Crippen molar-refractivity contribution in [2.75, 3.05) is 6.79 Å². The van der Waals surface area contributed by atoms with Crippen molar-refractivity contribution in [3.63, 3.8) is 0 Å². The van der Waals surface area contributed by atoms with Gasteiger partial charge in [-0.25, -0.2) is 0 Å². The van der Waals surface area contributed by atoms with Crippen molar-refractivity contribution in [2.45, 2.75) is 140 Å². The summed E-state index contributed by atoms with van der Waals surface area (Å²) in [5.41, 5.74) is -3.15. The minimum atomic E-state index is -1.35. The molecule has 5 N–H and O–H groups in total. The largest absolute Gasteiger partial charge is 0.390 e. The van der Waals surface area contributed by atoms with Gasteiger partial charge in [-0.2, -0.15) is 0 Å². The van der Waals surface area contributed by atoms with E-state index in [0.29, 0.717) is 12.8 Å². The van der Waals surface area contributed by atoms with Crippen molar-refractivity contribution < 1.29 is 44.5 Å². The van der Waals surface area contributed by atoms with Gasteiger partial charge in [-0.15, -0.1) is 0 Å². The van der Waals surface area contributed by atoms with Gasteiger partial charge >= 0.3 is 0 Å². The second-order valence-corrected chi connectivity index (χ2v) is 13.2. The summed E-state index contributed by atoms with van der Waals surface area (Å²) in [5.74, 6) is -0.609. The number of fused-ring (bicyclic) bond motifs is 2. The molecular formula is C28H48O9. The van der Waals surface area contributed by atoms with E-state index in [1.807, 2.05) is 13.8 Å². The van der Waals surface area contributed by atoms with Gasteiger partial charge in [-0.05, 0) is 50.9 Å². The van der Waals surface area contributed by atoms with E-state index in [9.17, 15) is 25.5 Å². The lowest BCUT2D eigenvalue weighted by Gasteiger charge is -2.61. The highest BCUT2D eigenvalue weighted by Crippen LogP contribution is 2.65. The molecule has 9 heteroatoms. The maximum Gasteiger partial charge on any atom is 0.157 e. The van der Waals surface area contributed by atoms with Crippen molar-refractivity contribution >= 4 is 0 Å². The van der Waals surface area contributed by atoms with Crippen LogP contribution in [0.25, 0.3) is 0 Å². The molecule has 0 aromatic heterocycles. The fraction of sp³-hybridized carbons (Fsp3) is 1.00. The van der Waals surface area contributed by atoms with E-state index in [0.717, 1.165) is 38.5 Å². The van der Waals surface area contributed by atoms with Crippen molar-refractivity contribution in [3.05, 3.63) is 0 Å². The molecule has 5 rings (SSSR count). The molecule has 4 aliphatic carbocycles. The van der Waals surface area contributed by atoms with Crippen LogP contribution >= 0.6 is 0 Å². The van der Waals surface area contributed by atoms with Crippen LogP contribution in [0.3, 0.4) is 0 Å². The molecule has 1 spiro atoms. The lowest BCUT2D eigenvalue weighted by Crippen LogP contribution is -2.71. The Kier molecular flexibility index (Phi) is 7.79. The standard InChI is InChI=1S/C28H48O9/c1-15-10-11-27(33)23(36-25(32)17-8-6-5-7-9-17)19-12-18(35-14-34-16(2)29)13-20(30)28(19)24(37-28)22(31)21(15)26(27,3)4/h15-25,29-33H,5-14H2,1-4H3. The summed E-state index contributed by atoms with van der Waals surface area (Å²) in [6.45, 7) is 7.48. The zero-order valence-corrected chi connectivity index (χ0v) is 22.8. The summed E-state index contributed by atoms with van der Waals surface area (Å²) in [5, 5.41) is 56.5. The summed E-state index contributed by atoms with van der Waals surface area (Å²) in [6, 6.07) is 0. The predicted octanol–water partition coefficient (Wildman–Crippen LogP) is 2.05. The Hall–Kier alpha value is -0.360. The fourth-order valence-electron chi connectivity index (χ4n) is 8.69. The second kappa shape index (κ2) is 10.2. The van der Waals surface area contributed by atoms with E-state index in [1.54, 1.807) is 0 Å². The Labute approximate surface area is 220 Å². The van der Waals surface area contributed by atoms with E-state index < -0.39 is 65.6 Å². The first-order valence-corrected chi connectivity index (χ1v) is 14.4. The van der Waals surface area contributed by atoms with Gasteiger partial charge in [0.25, 0.3) is 0 Å². The topological polar surface area (TPSA) is 141 Å². The first kappa shape index (κ1) is 28.2. The molecule has 0 aromatic rings. The average molecular weight is 529 g/mol. The molecule has 0 radical (unpaired) electrons. The average Bonchev–Trinajstić information content (AvgIpc) is 3.59. The highest BCUT2D eigenvalue weighted by molar-refractivity contribution is 5.26. The van der Waals surface area contributed by atoms with Crippen LogP contribution in [0, 0.1) is 29.1 Å². The van der Waals surface area contributed by atoms with Crippen molar-refractivity contribution in [1.82, 2.24) is 0 Å². The third-order valence-electron chi connectivity index (χ3n) is 10.8. The van der Waals surface area contributed by atoms with Crippen LogP contribution in [-0.4, -0.2) is 86.6 Å². The molecule has 37 heavy (non-hydrogen) atoms. The van der Waals surface area contributed by atoms with Gasteiger partial charge in [0.05, 0.1) is 30.0 Å². The molecular weight excluding hydrogens is 480 g/mol. The molecule has 0 amide bonds. The van der Waals surface area contributed by atoms with Gasteiger partial charge in [0.1, 0.15) is 18.5 Å². The lowest BCUT2D eigenvalue weighted by molar-refractivity contribution is -0.300. The quantitative estimate of drug-likeness (QED) is 0.248. The normalized spacial score (nSPS) is 49.2.